The second-order valence-corrected chi connectivity index (χ2v) is 2.94. The smallest absolute Gasteiger partial charge is 0.326 e. The fourth-order valence-corrected chi connectivity index (χ4v) is 1.01. The first-order chi connectivity index (χ1) is 7.11. The molecule has 0 aliphatic heterocycles. The number of methoxy groups -OCH3 is 1. The summed E-state index contributed by atoms with van der Waals surface area (Å²) in [6, 6.07) is 0.967. The molecule has 0 heterocycles. The van der Waals surface area contributed by atoms with Crippen molar-refractivity contribution in [2.75, 3.05) is 13.7 Å². The zero-order valence-corrected chi connectivity index (χ0v) is 8.52. The molecule has 2 N–H and O–H groups in total. The van der Waals surface area contributed by atoms with Crippen LogP contribution in [0.25, 0.3) is 0 Å². The SMILES string of the molecule is COCC(=O)N[C@@H](CCCC#N)C(=O)O. The van der Waals surface area contributed by atoms with Gasteiger partial charge in [0, 0.05) is 13.5 Å². The van der Waals surface area contributed by atoms with E-state index in [4.69, 9.17) is 10.4 Å². The highest BCUT2D eigenvalue weighted by atomic mass is 16.5. The Morgan fingerprint density at radius 1 is 1.60 bits per heavy atom. The van der Waals surface area contributed by atoms with Crippen LogP contribution in [0.4, 0.5) is 0 Å². The summed E-state index contributed by atoms with van der Waals surface area (Å²) in [6.07, 6.45) is 0.975. The molecular formula is C9H14N2O4. The van der Waals surface area contributed by atoms with Crippen molar-refractivity contribution in [3.63, 3.8) is 0 Å². The van der Waals surface area contributed by atoms with Gasteiger partial charge in [0.1, 0.15) is 12.6 Å². The van der Waals surface area contributed by atoms with Gasteiger partial charge in [-0.3, -0.25) is 4.79 Å². The molecular weight excluding hydrogens is 200 g/mol. The highest BCUT2D eigenvalue weighted by molar-refractivity contribution is 5.84. The maximum Gasteiger partial charge on any atom is 0.326 e. The van der Waals surface area contributed by atoms with E-state index in [1.807, 2.05) is 6.07 Å². The zero-order valence-electron chi connectivity index (χ0n) is 8.52. The third-order valence-corrected chi connectivity index (χ3v) is 1.69. The van der Waals surface area contributed by atoms with Crippen LogP contribution in [0.1, 0.15) is 19.3 Å². The minimum absolute atomic E-state index is 0.165. The summed E-state index contributed by atoms with van der Waals surface area (Å²) in [4.78, 5) is 21.7. The van der Waals surface area contributed by atoms with Gasteiger partial charge in [-0.25, -0.2) is 4.79 Å². The van der Waals surface area contributed by atoms with Crippen molar-refractivity contribution >= 4 is 11.9 Å². The number of ether oxygens (including phenoxy) is 1. The number of carbonyl (C=O) groups excluding carboxylic acids is 1. The second kappa shape index (κ2) is 7.76. The number of aliphatic carboxylic acids is 1. The molecule has 0 rings (SSSR count). The highest BCUT2D eigenvalue weighted by Gasteiger charge is 2.18. The van der Waals surface area contributed by atoms with Gasteiger partial charge in [0.2, 0.25) is 5.91 Å². The number of nitriles is 1. The van der Waals surface area contributed by atoms with Gasteiger partial charge >= 0.3 is 5.97 Å². The van der Waals surface area contributed by atoms with Crippen LogP contribution >= 0.6 is 0 Å². The van der Waals surface area contributed by atoms with Crippen molar-refractivity contribution in [1.29, 1.82) is 5.26 Å². The largest absolute Gasteiger partial charge is 0.480 e. The van der Waals surface area contributed by atoms with Crippen molar-refractivity contribution in [2.24, 2.45) is 0 Å². The van der Waals surface area contributed by atoms with Gasteiger partial charge in [-0.1, -0.05) is 0 Å². The molecule has 0 aliphatic rings. The van der Waals surface area contributed by atoms with E-state index >= 15 is 0 Å². The summed E-state index contributed by atoms with van der Waals surface area (Å²) >= 11 is 0. The highest BCUT2D eigenvalue weighted by Crippen LogP contribution is 2.00. The van der Waals surface area contributed by atoms with Crippen molar-refractivity contribution in [3.05, 3.63) is 0 Å². The number of carboxylic acids is 1. The molecule has 0 spiro atoms. The first-order valence-corrected chi connectivity index (χ1v) is 4.50. The maximum absolute atomic E-state index is 11.0. The lowest BCUT2D eigenvalue weighted by Gasteiger charge is -2.13. The molecule has 6 nitrogen and oxygen atoms in total. The quantitative estimate of drug-likeness (QED) is 0.576. The molecule has 84 valence electrons. The molecule has 0 aromatic heterocycles. The topological polar surface area (TPSA) is 99.4 Å². The molecule has 0 aromatic carbocycles. The normalized spacial score (nSPS) is 11.5. The molecule has 1 amide bonds. The predicted octanol–water partition coefficient (Wildman–Crippen LogP) is -0.104. The van der Waals surface area contributed by atoms with Crippen molar-refractivity contribution in [2.45, 2.75) is 25.3 Å². The van der Waals surface area contributed by atoms with Gasteiger partial charge in [0.25, 0.3) is 0 Å². The molecule has 0 radical (unpaired) electrons. The zero-order chi connectivity index (χ0) is 11.7. The Morgan fingerprint density at radius 3 is 2.73 bits per heavy atom. The molecule has 0 aliphatic carbocycles. The Kier molecular flexibility index (Phi) is 6.93. The van der Waals surface area contributed by atoms with Gasteiger partial charge in [-0.2, -0.15) is 5.26 Å². The van der Waals surface area contributed by atoms with Crippen LogP contribution < -0.4 is 5.32 Å². The Morgan fingerprint density at radius 2 is 2.27 bits per heavy atom. The van der Waals surface area contributed by atoms with Gasteiger partial charge in [-0.05, 0) is 12.8 Å². The van der Waals surface area contributed by atoms with Crippen LogP contribution in [0.2, 0.25) is 0 Å². The van der Waals surface area contributed by atoms with Crippen LogP contribution in [-0.2, 0) is 14.3 Å². The minimum Gasteiger partial charge on any atom is -0.480 e. The molecule has 0 unspecified atom stereocenters. The average molecular weight is 214 g/mol. The lowest BCUT2D eigenvalue weighted by molar-refractivity contribution is -0.142. The van der Waals surface area contributed by atoms with E-state index in [2.05, 4.69) is 10.1 Å². The molecule has 15 heavy (non-hydrogen) atoms. The number of hydrogen-bond donors (Lipinski definition) is 2. The fraction of sp³-hybridized carbons (Fsp3) is 0.667. The number of hydrogen-bond acceptors (Lipinski definition) is 4. The molecule has 0 fully saturated rings. The number of amides is 1. The summed E-state index contributed by atoms with van der Waals surface area (Å²) < 4.78 is 4.55. The standard InChI is InChI=1S/C9H14N2O4/c1-15-6-8(12)11-7(9(13)14)4-2-3-5-10/h7H,2-4,6H2,1H3,(H,11,12)(H,13,14)/t7-/m0/s1. The van der Waals surface area contributed by atoms with E-state index in [0.717, 1.165) is 0 Å². The lowest BCUT2D eigenvalue weighted by Crippen LogP contribution is -2.42. The van der Waals surface area contributed by atoms with Crippen LogP contribution in [0.3, 0.4) is 0 Å². The van der Waals surface area contributed by atoms with E-state index < -0.39 is 17.9 Å². The van der Waals surface area contributed by atoms with Crippen molar-refractivity contribution < 1.29 is 19.4 Å². The van der Waals surface area contributed by atoms with Gasteiger partial charge in [0.15, 0.2) is 0 Å². The molecule has 0 saturated carbocycles. The van der Waals surface area contributed by atoms with Gasteiger partial charge in [-0.15, -0.1) is 0 Å². The summed E-state index contributed by atoms with van der Waals surface area (Å²) in [6.45, 7) is -0.165. The summed E-state index contributed by atoms with van der Waals surface area (Å²) in [5, 5.41) is 19.3. The number of rotatable bonds is 7. The minimum atomic E-state index is -1.10. The number of carboxylic acid groups (broad SMARTS) is 1. The van der Waals surface area contributed by atoms with Gasteiger partial charge < -0.3 is 15.2 Å². The average Bonchev–Trinajstić information content (AvgIpc) is 2.16. The Balaban J connectivity index is 3.99. The summed E-state index contributed by atoms with van der Waals surface area (Å²) in [5.74, 6) is -1.57. The van der Waals surface area contributed by atoms with E-state index in [1.165, 1.54) is 7.11 Å². The molecule has 6 heteroatoms. The third kappa shape index (κ3) is 6.46. The number of unbranched alkanes of at least 4 members (excludes halogenated alkanes) is 1. The summed E-state index contributed by atoms with van der Waals surface area (Å²) in [7, 11) is 1.35. The number of nitrogens with one attached hydrogen (secondary N) is 1. The lowest BCUT2D eigenvalue weighted by atomic mass is 10.1. The molecule has 0 saturated heterocycles. The summed E-state index contributed by atoms with van der Waals surface area (Å²) in [5.41, 5.74) is 0. The van der Waals surface area contributed by atoms with Crippen molar-refractivity contribution in [3.8, 4) is 6.07 Å². The maximum atomic E-state index is 11.0. The van der Waals surface area contributed by atoms with Crippen molar-refractivity contribution in [1.82, 2.24) is 5.32 Å². The Hall–Kier alpha value is -1.61. The second-order valence-electron chi connectivity index (χ2n) is 2.94. The predicted molar refractivity (Wildman–Crippen MR) is 50.9 cm³/mol. The molecule has 1 atom stereocenters. The fourth-order valence-electron chi connectivity index (χ4n) is 1.01. The van der Waals surface area contributed by atoms with Crippen LogP contribution in [-0.4, -0.2) is 36.7 Å². The number of carbonyl (C=O) groups is 2. The first-order valence-electron chi connectivity index (χ1n) is 4.50. The Bertz CT molecular complexity index is 259. The van der Waals surface area contributed by atoms with E-state index in [1.54, 1.807) is 0 Å². The molecule has 0 aromatic rings. The van der Waals surface area contributed by atoms with E-state index in [0.29, 0.717) is 6.42 Å². The van der Waals surface area contributed by atoms with Gasteiger partial charge in [0.05, 0.1) is 6.07 Å². The van der Waals surface area contributed by atoms with Crippen LogP contribution in [0.5, 0.6) is 0 Å². The third-order valence-electron chi connectivity index (χ3n) is 1.69. The Labute approximate surface area is 87.8 Å². The number of nitrogens with zero attached hydrogens (tertiary/aromatic N) is 1. The van der Waals surface area contributed by atoms with E-state index in [-0.39, 0.29) is 19.4 Å². The van der Waals surface area contributed by atoms with Crippen LogP contribution in [0, 0.1) is 11.3 Å². The first kappa shape index (κ1) is 13.4. The molecule has 0 bridgehead atoms. The monoisotopic (exact) mass is 214 g/mol. The van der Waals surface area contributed by atoms with Crippen LogP contribution in [0.15, 0.2) is 0 Å². The van der Waals surface area contributed by atoms with E-state index in [9.17, 15) is 9.59 Å².